The molecule has 0 radical (unpaired) electrons. The summed E-state index contributed by atoms with van der Waals surface area (Å²) in [6, 6.07) is 0. The fraction of sp³-hybridized carbons (Fsp3) is 0.800. The predicted molar refractivity (Wildman–Crippen MR) is 74.9 cm³/mol. The third kappa shape index (κ3) is 4.51. The maximum atomic E-state index is 5.75. The first-order valence-corrected chi connectivity index (χ1v) is 5.45. The minimum Gasteiger partial charge on any atom is -0.368 e. The van der Waals surface area contributed by atoms with Crippen LogP contribution in [0.1, 0.15) is 34.1 Å². The molecule has 0 aromatic heterocycles. The van der Waals surface area contributed by atoms with E-state index >= 15 is 0 Å². The van der Waals surface area contributed by atoms with Crippen LogP contribution in [-0.2, 0) is 4.84 Å². The topological polar surface area (TPSA) is 89.2 Å². The first-order chi connectivity index (χ1) is 7.33. The van der Waals surface area contributed by atoms with E-state index in [0.29, 0.717) is 12.5 Å². The lowest BCUT2D eigenvalue weighted by Crippen LogP contribution is -2.53. The van der Waals surface area contributed by atoms with Gasteiger partial charge in [-0.15, -0.1) is 17.0 Å². The highest BCUT2D eigenvalue weighted by Gasteiger charge is 2.32. The number of hydrogen-bond donors (Lipinski definition) is 2. The molecule has 1 aliphatic heterocycles. The van der Waals surface area contributed by atoms with Gasteiger partial charge in [-0.3, -0.25) is 4.84 Å². The minimum atomic E-state index is -0.604. The molecule has 1 rings (SSSR count). The van der Waals surface area contributed by atoms with Crippen LogP contribution in [0.5, 0.6) is 0 Å². The van der Waals surface area contributed by atoms with E-state index in [-0.39, 0.29) is 28.9 Å². The number of aliphatic imine (C=N–C) groups is 2. The number of rotatable bonds is 4. The Morgan fingerprint density at radius 1 is 1.35 bits per heavy atom. The zero-order valence-corrected chi connectivity index (χ0v) is 12.5. The Morgan fingerprint density at radius 3 is 2.41 bits per heavy atom. The van der Waals surface area contributed by atoms with Crippen LogP contribution in [0.4, 0.5) is 0 Å². The Morgan fingerprint density at radius 2 is 1.94 bits per heavy atom. The molecular weight excluding hydrogens is 286 g/mol. The van der Waals surface area contributed by atoms with Gasteiger partial charge in [-0.2, -0.15) is 10.1 Å². The Hall–Kier alpha value is -0.820. The van der Waals surface area contributed by atoms with E-state index < -0.39 is 5.66 Å². The lowest BCUT2D eigenvalue weighted by atomic mass is 10.1. The molecule has 0 bridgehead atoms. The van der Waals surface area contributed by atoms with Crippen molar-refractivity contribution in [1.82, 2.24) is 5.06 Å². The fourth-order valence-corrected chi connectivity index (χ4v) is 1.40. The van der Waals surface area contributed by atoms with Gasteiger partial charge in [-0.25, -0.2) is 4.99 Å². The van der Waals surface area contributed by atoms with E-state index in [2.05, 4.69) is 23.8 Å². The molecule has 17 heavy (non-hydrogen) atoms. The lowest BCUT2D eigenvalue weighted by Gasteiger charge is -2.36. The summed E-state index contributed by atoms with van der Waals surface area (Å²) >= 11 is 0. The molecule has 100 valence electrons. The molecule has 1 heterocycles. The number of halogens is 1. The molecule has 0 saturated heterocycles. The molecule has 0 amide bonds. The Kier molecular flexibility index (Phi) is 5.91. The standard InChI is InChI=1S/C10H21N5O.BrH/c1-7(2)5-6-16-15-9(12)13-8(11)14-10(15,3)4;/h7H,5-6H2,1-4H3,(H4,11,12,13,14);1H. The van der Waals surface area contributed by atoms with Gasteiger partial charge >= 0.3 is 0 Å². The van der Waals surface area contributed by atoms with Crippen LogP contribution in [-0.4, -0.2) is 29.3 Å². The fourth-order valence-electron chi connectivity index (χ4n) is 1.40. The third-order valence-corrected chi connectivity index (χ3v) is 2.24. The molecule has 0 fully saturated rings. The van der Waals surface area contributed by atoms with E-state index in [0.717, 1.165) is 6.42 Å². The second-order valence-electron chi connectivity index (χ2n) is 4.74. The van der Waals surface area contributed by atoms with Crippen LogP contribution >= 0.6 is 17.0 Å². The Balaban J connectivity index is 0.00000256. The van der Waals surface area contributed by atoms with Crippen LogP contribution in [0.2, 0.25) is 0 Å². The van der Waals surface area contributed by atoms with Gasteiger partial charge < -0.3 is 11.5 Å². The summed E-state index contributed by atoms with van der Waals surface area (Å²) in [5.74, 6) is 1.02. The van der Waals surface area contributed by atoms with Crippen molar-refractivity contribution in [2.75, 3.05) is 6.61 Å². The number of hydroxylamine groups is 2. The minimum absolute atomic E-state index is 0. The molecule has 6 nitrogen and oxygen atoms in total. The molecule has 0 spiro atoms. The lowest BCUT2D eigenvalue weighted by molar-refractivity contribution is -0.159. The molecule has 1 aliphatic rings. The predicted octanol–water partition coefficient (Wildman–Crippen LogP) is 1.22. The number of nitrogens with two attached hydrogens (primary N) is 2. The molecular formula is C10H22BrN5O. The molecule has 0 aliphatic carbocycles. The molecule has 0 saturated carbocycles. The quantitative estimate of drug-likeness (QED) is 0.817. The van der Waals surface area contributed by atoms with E-state index in [4.69, 9.17) is 16.3 Å². The SMILES string of the molecule is Br.CC(C)CCON1C(N)=NC(N)=NC1(C)C. The molecule has 4 N–H and O–H groups in total. The van der Waals surface area contributed by atoms with E-state index in [1.807, 2.05) is 13.8 Å². The Bertz CT molecular complexity index is 314. The van der Waals surface area contributed by atoms with Crippen molar-refractivity contribution < 1.29 is 4.84 Å². The molecule has 0 unspecified atom stereocenters. The Labute approximate surface area is 113 Å². The average molecular weight is 308 g/mol. The zero-order valence-electron chi connectivity index (χ0n) is 10.8. The number of nitrogens with zero attached hydrogens (tertiary/aromatic N) is 3. The third-order valence-electron chi connectivity index (χ3n) is 2.24. The average Bonchev–Trinajstić information content (AvgIpc) is 2.07. The van der Waals surface area contributed by atoms with Crippen LogP contribution in [0, 0.1) is 5.92 Å². The van der Waals surface area contributed by atoms with E-state index in [1.54, 1.807) is 0 Å². The van der Waals surface area contributed by atoms with Crippen molar-refractivity contribution in [3.63, 3.8) is 0 Å². The smallest absolute Gasteiger partial charge is 0.226 e. The summed E-state index contributed by atoms with van der Waals surface area (Å²) in [7, 11) is 0. The van der Waals surface area contributed by atoms with E-state index in [1.165, 1.54) is 5.06 Å². The maximum Gasteiger partial charge on any atom is 0.226 e. The molecule has 0 atom stereocenters. The summed E-state index contributed by atoms with van der Waals surface area (Å²) in [5, 5.41) is 1.51. The van der Waals surface area contributed by atoms with E-state index in [9.17, 15) is 0 Å². The largest absolute Gasteiger partial charge is 0.368 e. The van der Waals surface area contributed by atoms with Gasteiger partial charge in [0.1, 0.15) is 0 Å². The van der Waals surface area contributed by atoms with Crippen LogP contribution in [0.15, 0.2) is 9.98 Å². The highest BCUT2D eigenvalue weighted by molar-refractivity contribution is 8.93. The summed E-state index contributed by atoms with van der Waals surface area (Å²) in [6.07, 6.45) is 0.957. The van der Waals surface area contributed by atoms with Gasteiger partial charge in [0.2, 0.25) is 11.9 Å². The summed E-state index contributed by atoms with van der Waals surface area (Å²) in [5.41, 5.74) is 10.7. The number of guanidine groups is 2. The van der Waals surface area contributed by atoms with Crippen molar-refractivity contribution in [3.8, 4) is 0 Å². The zero-order chi connectivity index (χ0) is 12.3. The summed E-state index contributed by atoms with van der Waals surface area (Å²) < 4.78 is 0. The van der Waals surface area contributed by atoms with Gasteiger partial charge in [0, 0.05) is 0 Å². The van der Waals surface area contributed by atoms with Gasteiger partial charge in [-0.1, -0.05) is 13.8 Å². The van der Waals surface area contributed by atoms with Crippen molar-refractivity contribution in [2.45, 2.75) is 39.8 Å². The van der Waals surface area contributed by atoms with Gasteiger partial charge in [0.15, 0.2) is 5.66 Å². The van der Waals surface area contributed by atoms with Crippen molar-refractivity contribution in [2.24, 2.45) is 27.4 Å². The van der Waals surface area contributed by atoms with Crippen LogP contribution < -0.4 is 11.5 Å². The monoisotopic (exact) mass is 307 g/mol. The summed E-state index contributed by atoms with van der Waals surface area (Å²) in [6.45, 7) is 8.61. The van der Waals surface area contributed by atoms with Crippen LogP contribution in [0.3, 0.4) is 0 Å². The van der Waals surface area contributed by atoms with Gasteiger partial charge in [-0.05, 0) is 26.2 Å². The maximum absolute atomic E-state index is 5.75. The normalized spacial score (nSPS) is 18.5. The van der Waals surface area contributed by atoms with Crippen molar-refractivity contribution in [1.29, 1.82) is 0 Å². The first kappa shape index (κ1) is 16.2. The van der Waals surface area contributed by atoms with Gasteiger partial charge in [0.05, 0.1) is 6.61 Å². The molecule has 0 aromatic rings. The van der Waals surface area contributed by atoms with Crippen LogP contribution in [0.25, 0.3) is 0 Å². The highest BCUT2D eigenvalue weighted by Crippen LogP contribution is 2.20. The molecule has 0 aromatic carbocycles. The van der Waals surface area contributed by atoms with Crippen molar-refractivity contribution in [3.05, 3.63) is 0 Å². The van der Waals surface area contributed by atoms with Crippen molar-refractivity contribution >= 4 is 28.9 Å². The number of hydrogen-bond acceptors (Lipinski definition) is 6. The summed E-state index contributed by atoms with van der Waals surface area (Å²) in [4.78, 5) is 13.6. The second kappa shape index (κ2) is 6.20. The molecule has 7 heteroatoms. The van der Waals surface area contributed by atoms with Gasteiger partial charge in [0.25, 0.3) is 0 Å². The first-order valence-electron chi connectivity index (χ1n) is 5.45. The highest BCUT2D eigenvalue weighted by atomic mass is 79.9. The second-order valence-corrected chi connectivity index (χ2v) is 4.74.